The van der Waals surface area contributed by atoms with Gasteiger partial charge in [0, 0.05) is 19.4 Å². The molecule has 0 aromatic heterocycles. The van der Waals surface area contributed by atoms with Crippen molar-refractivity contribution in [3.8, 4) is 0 Å². The summed E-state index contributed by atoms with van der Waals surface area (Å²) in [5.74, 6) is 0.0676. The molecule has 0 spiro atoms. The van der Waals surface area contributed by atoms with Crippen LogP contribution in [0.5, 0.6) is 0 Å². The Labute approximate surface area is 157 Å². The van der Waals surface area contributed by atoms with Gasteiger partial charge in [-0.2, -0.15) is 0 Å². The van der Waals surface area contributed by atoms with Crippen molar-refractivity contribution < 1.29 is 9.59 Å². The maximum atomic E-state index is 11.9. The van der Waals surface area contributed by atoms with Gasteiger partial charge in [0.1, 0.15) is 16.5 Å². The molecule has 0 radical (unpaired) electrons. The van der Waals surface area contributed by atoms with Crippen LogP contribution in [0.3, 0.4) is 0 Å². The predicted octanol–water partition coefficient (Wildman–Crippen LogP) is 4.84. The molecule has 1 heterocycles. The lowest BCUT2D eigenvalue weighted by Gasteiger charge is -2.52. The summed E-state index contributed by atoms with van der Waals surface area (Å²) in [4.78, 5) is 25.3. The second kappa shape index (κ2) is 10.0. The number of imide groups is 1. The summed E-state index contributed by atoms with van der Waals surface area (Å²) in [5, 5.41) is 0. The fraction of sp³-hybridized carbons (Fsp3) is 0.895. The fourth-order valence-corrected chi connectivity index (χ4v) is 18.3. The van der Waals surface area contributed by atoms with Gasteiger partial charge in [-0.3, -0.25) is 14.5 Å². The molecule has 0 N–H and O–H groups in total. The maximum absolute atomic E-state index is 11.9. The van der Waals surface area contributed by atoms with E-state index in [1.165, 1.54) is 41.2 Å². The lowest BCUT2D eigenvalue weighted by molar-refractivity contribution is -0.138. The lowest BCUT2D eigenvalue weighted by Crippen LogP contribution is -2.66. The van der Waals surface area contributed by atoms with Crippen molar-refractivity contribution in [2.45, 2.75) is 97.1 Å². The first-order chi connectivity index (χ1) is 11.9. The van der Waals surface area contributed by atoms with Gasteiger partial charge >= 0.3 is 0 Å². The Kier molecular flexibility index (Phi) is 9.05. The summed E-state index contributed by atoms with van der Waals surface area (Å²) in [5.41, 5.74) is 0. The monoisotopic (exact) mass is 384 g/mol. The largest absolute Gasteiger partial charge is 0.345 e. The topological polar surface area (TPSA) is 40.6 Å². The number of carbonyl (C=O) groups excluding carboxylic acids is 2. The van der Waals surface area contributed by atoms with Crippen LogP contribution >= 0.6 is 0 Å². The van der Waals surface area contributed by atoms with Gasteiger partial charge in [-0.25, -0.2) is 0 Å². The average Bonchev–Trinajstić information content (AvgIpc) is 2.96. The molecule has 2 amide bonds. The molecule has 0 atom stereocenters. The van der Waals surface area contributed by atoms with E-state index in [1.54, 1.807) is 0 Å². The van der Waals surface area contributed by atoms with Crippen molar-refractivity contribution in [1.29, 1.82) is 0 Å². The molecule has 0 saturated carbocycles. The number of amides is 2. The third kappa shape index (κ3) is 4.63. The molecular weight excluding hydrogens is 344 g/mol. The molecule has 1 rings (SSSR count). The normalized spacial score (nSPS) is 16.4. The molecule has 0 aromatic carbocycles. The summed E-state index contributed by atoms with van der Waals surface area (Å²) in [6, 6.07) is 7.89. The summed E-state index contributed by atoms with van der Waals surface area (Å²) in [7, 11) is -2.90. The minimum atomic E-state index is -1.45. The van der Waals surface area contributed by atoms with Crippen molar-refractivity contribution in [3.63, 3.8) is 0 Å². The van der Waals surface area contributed by atoms with Crippen molar-refractivity contribution in [3.05, 3.63) is 0 Å². The van der Waals surface area contributed by atoms with E-state index < -0.39 is 16.5 Å². The van der Waals surface area contributed by atoms with Gasteiger partial charge in [0.05, 0.1) is 0 Å². The first-order valence-corrected chi connectivity index (χ1v) is 15.6. The highest BCUT2D eigenvalue weighted by Gasteiger charge is 2.45. The van der Waals surface area contributed by atoms with Crippen LogP contribution in [-0.4, -0.2) is 50.5 Å². The summed E-state index contributed by atoms with van der Waals surface area (Å²) in [6.45, 7) is 16.0. The van der Waals surface area contributed by atoms with Crippen LogP contribution < -0.4 is 0 Å². The third-order valence-electron chi connectivity index (χ3n) is 7.01. The molecule has 0 aliphatic carbocycles. The molecule has 0 bridgehead atoms. The minimum Gasteiger partial charge on any atom is -0.345 e. The molecule has 0 unspecified atom stereocenters. The SMILES string of the molecule is CC[Si](CC)(CC)N(CCCN1C(=O)CCC1=O)[Si](CC)(CC)CC. The van der Waals surface area contributed by atoms with Crippen LogP contribution in [0.2, 0.25) is 36.3 Å². The van der Waals surface area contributed by atoms with Crippen molar-refractivity contribution >= 4 is 28.3 Å². The second-order valence-corrected chi connectivity index (χ2v) is 18.2. The molecule has 1 saturated heterocycles. The van der Waals surface area contributed by atoms with Crippen molar-refractivity contribution in [1.82, 2.24) is 9.13 Å². The maximum Gasteiger partial charge on any atom is 0.229 e. The van der Waals surface area contributed by atoms with Gasteiger partial charge in [0.2, 0.25) is 11.8 Å². The first kappa shape index (κ1) is 22.6. The Bertz CT molecular complexity index is 396. The smallest absolute Gasteiger partial charge is 0.229 e. The second-order valence-electron chi connectivity index (χ2n) is 7.51. The lowest BCUT2D eigenvalue weighted by atomic mass is 10.4. The molecule has 6 heteroatoms. The van der Waals surface area contributed by atoms with E-state index in [2.05, 4.69) is 45.8 Å². The number of carbonyl (C=O) groups is 2. The molecule has 0 aromatic rings. The number of hydrogen-bond acceptors (Lipinski definition) is 3. The first-order valence-electron chi connectivity index (χ1n) is 10.5. The summed E-state index contributed by atoms with van der Waals surface area (Å²) < 4.78 is 3.03. The van der Waals surface area contributed by atoms with Gasteiger partial charge in [0.15, 0.2) is 0 Å². The van der Waals surface area contributed by atoms with E-state index in [0.29, 0.717) is 19.4 Å². The third-order valence-corrected chi connectivity index (χ3v) is 20.5. The number of rotatable bonds is 12. The highest BCUT2D eigenvalue weighted by atomic mass is 28.4. The van der Waals surface area contributed by atoms with Gasteiger partial charge in [-0.15, -0.1) is 0 Å². The molecule has 146 valence electrons. The average molecular weight is 385 g/mol. The van der Waals surface area contributed by atoms with E-state index >= 15 is 0 Å². The van der Waals surface area contributed by atoms with E-state index in [9.17, 15) is 9.59 Å². The Morgan fingerprint density at radius 3 is 1.44 bits per heavy atom. The van der Waals surface area contributed by atoms with E-state index in [1.807, 2.05) is 0 Å². The van der Waals surface area contributed by atoms with Crippen LogP contribution in [0.25, 0.3) is 0 Å². The molecule has 1 aliphatic heterocycles. The predicted molar refractivity (Wildman–Crippen MR) is 112 cm³/mol. The highest BCUT2D eigenvalue weighted by Crippen LogP contribution is 2.36. The van der Waals surface area contributed by atoms with E-state index in [0.717, 1.165) is 13.0 Å². The van der Waals surface area contributed by atoms with Crippen molar-refractivity contribution in [2.24, 2.45) is 0 Å². The molecule has 1 aliphatic rings. The Balaban J connectivity index is 2.98. The zero-order valence-electron chi connectivity index (χ0n) is 17.5. The Hall–Kier alpha value is -0.466. The fourth-order valence-electron chi connectivity index (χ4n) is 4.88. The number of hydrogen-bond donors (Lipinski definition) is 0. The van der Waals surface area contributed by atoms with Crippen LogP contribution in [0.4, 0.5) is 0 Å². The van der Waals surface area contributed by atoms with Crippen LogP contribution in [-0.2, 0) is 9.59 Å². The van der Waals surface area contributed by atoms with Gasteiger partial charge in [0.25, 0.3) is 0 Å². The van der Waals surface area contributed by atoms with Gasteiger partial charge in [-0.05, 0) is 49.2 Å². The molecule has 1 fully saturated rings. The van der Waals surface area contributed by atoms with Crippen LogP contribution in [0.15, 0.2) is 0 Å². The Morgan fingerprint density at radius 1 is 0.760 bits per heavy atom. The molecule has 4 nitrogen and oxygen atoms in total. The van der Waals surface area contributed by atoms with Crippen LogP contribution in [0, 0.1) is 0 Å². The minimum absolute atomic E-state index is 0.0338. The highest BCUT2D eigenvalue weighted by molar-refractivity contribution is 6.92. The van der Waals surface area contributed by atoms with Crippen molar-refractivity contribution in [2.75, 3.05) is 13.1 Å². The van der Waals surface area contributed by atoms with E-state index in [4.69, 9.17) is 0 Å². The quantitative estimate of drug-likeness (QED) is 0.357. The zero-order valence-corrected chi connectivity index (χ0v) is 19.5. The van der Waals surface area contributed by atoms with Gasteiger partial charge < -0.3 is 4.23 Å². The number of likely N-dealkylation sites (tertiary alicyclic amines) is 1. The molecular formula is C19H40N2O2Si2. The van der Waals surface area contributed by atoms with E-state index in [-0.39, 0.29) is 11.8 Å². The van der Waals surface area contributed by atoms with Crippen LogP contribution in [0.1, 0.15) is 60.8 Å². The summed E-state index contributed by atoms with van der Waals surface area (Å²) in [6.07, 6.45) is 1.77. The Morgan fingerprint density at radius 2 is 1.12 bits per heavy atom. The van der Waals surface area contributed by atoms with Gasteiger partial charge in [-0.1, -0.05) is 41.5 Å². The molecule has 25 heavy (non-hydrogen) atoms. The zero-order chi connectivity index (χ0) is 19.1. The standard InChI is InChI=1S/C19H40N2O2Si2/c1-7-24(8-2,9-3)21(25(10-4,11-5)12-6)17-13-16-20-18(22)14-15-19(20)23/h7-17H2,1-6H3. The number of nitrogens with zero attached hydrogens (tertiary/aromatic N) is 2. The summed E-state index contributed by atoms with van der Waals surface area (Å²) >= 11 is 0.